The first-order chi connectivity index (χ1) is 20.3. The zero-order valence-corrected chi connectivity index (χ0v) is 25.7. The van der Waals surface area contributed by atoms with Gasteiger partial charge in [0.05, 0.1) is 37.1 Å². The van der Waals surface area contributed by atoms with Gasteiger partial charge in [0.25, 0.3) is 11.8 Å². The summed E-state index contributed by atoms with van der Waals surface area (Å²) in [5, 5.41) is 2.54. The van der Waals surface area contributed by atoms with Crippen LogP contribution in [0.1, 0.15) is 78.2 Å². The molecule has 1 saturated heterocycles. The first-order valence-corrected chi connectivity index (χ1v) is 15.1. The highest BCUT2D eigenvalue weighted by molar-refractivity contribution is 6.39. The zero-order valence-electron chi connectivity index (χ0n) is 24.9. The number of unbranched alkanes of at least 4 members (excludes halogenated alkanes) is 5. The topological polar surface area (TPSA) is 103 Å². The lowest BCUT2D eigenvalue weighted by Gasteiger charge is -2.27. The molecule has 0 bridgehead atoms. The van der Waals surface area contributed by atoms with Crippen LogP contribution >= 0.6 is 11.6 Å². The van der Waals surface area contributed by atoms with Crippen LogP contribution in [0.2, 0.25) is 5.02 Å². The van der Waals surface area contributed by atoms with Crippen molar-refractivity contribution in [1.82, 2.24) is 5.32 Å². The molecule has 3 rings (SSSR count). The summed E-state index contributed by atoms with van der Waals surface area (Å²) >= 11 is 6.58. The Kier molecular flexibility index (Phi) is 13.0. The molecule has 4 amide bonds. The van der Waals surface area contributed by atoms with Gasteiger partial charge in [-0.15, -0.1) is 0 Å². The first kappa shape index (κ1) is 32.8. The second-order valence-electron chi connectivity index (χ2n) is 9.75. The second-order valence-corrected chi connectivity index (χ2v) is 10.2. The maximum absolute atomic E-state index is 13.5. The molecule has 2 aromatic carbocycles. The molecule has 0 spiro atoms. The van der Waals surface area contributed by atoms with Gasteiger partial charge in [-0.05, 0) is 62.6 Å². The summed E-state index contributed by atoms with van der Waals surface area (Å²) < 4.78 is 23.2. The zero-order chi connectivity index (χ0) is 30.5. The van der Waals surface area contributed by atoms with Crippen LogP contribution in [0.25, 0.3) is 6.08 Å². The van der Waals surface area contributed by atoms with E-state index in [-0.39, 0.29) is 11.3 Å². The fraction of sp³-hybridized carbons (Fsp3) is 0.469. The molecule has 1 aliphatic rings. The molecule has 10 heteroatoms. The highest BCUT2D eigenvalue weighted by Gasteiger charge is 2.37. The molecule has 1 heterocycles. The molecule has 0 saturated carbocycles. The number of anilines is 1. The van der Waals surface area contributed by atoms with Crippen molar-refractivity contribution in [3.63, 3.8) is 0 Å². The molecule has 0 aliphatic carbocycles. The van der Waals surface area contributed by atoms with E-state index in [1.165, 1.54) is 25.3 Å². The highest BCUT2D eigenvalue weighted by atomic mass is 35.5. The fourth-order valence-corrected chi connectivity index (χ4v) is 4.70. The molecule has 1 aliphatic heterocycles. The van der Waals surface area contributed by atoms with E-state index in [2.05, 4.69) is 12.2 Å². The van der Waals surface area contributed by atoms with E-state index >= 15 is 0 Å². The largest absolute Gasteiger partial charge is 0.490 e. The van der Waals surface area contributed by atoms with E-state index in [1.807, 2.05) is 20.8 Å². The number of nitrogens with one attached hydrogen (secondary N) is 1. The van der Waals surface area contributed by atoms with E-state index in [0.29, 0.717) is 60.0 Å². The lowest BCUT2D eigenvalue weighted by Crippen LogP contribution is -2.54. The Bertz CT molecular complexity index is 1280. The molecule has 9 nitrogen and oxygen atoms in total. The molecular weight excluding hydrogens is 560 g/mol. The number of hydrogen-bond acceptors (Lipinski definition) is 7. The molecule has 0 radical (unpaired) electrons. The molecule has 1 fully saturated rings. The van der Waals surface area contributed by atoms with Gasteiger partial charge in [-0.3, -0.25) is 14.9 Å². The third-order valence-electron chi connectivity index (χ3n) is 6.44. The van der Waals surface area contributed by atoms with Crippen molar-refractivity contribution in [2.75, 3.05) is 31.3 Å². The molecular formula is C32H41ClN2O7. The van der Waals surface area contributed by atoms with Crippen molar-refractivity contribution in [3.8, 4) is 23.0 Å². The van der Waals surface area contributed by atoms with E-state index in [9.17, 15) is 14.4 Å². The van der Waals surface area contributed by atoms with Gasteiger partial charge in [-0.2, -0.15) is 0 Å². The minimum absolute atomic E-state index is 0.231. The third-order valence-corrected chi connectivity index (χ3v) is 6.72. The molecule has 0 unspecified atom stereocenters. The average Bonchev–Trinajstić information content (AvgIpc) is 2.95. The summed E-state index contributed by atoms with van der Waals surface area (Å²) in [6.07, 6.45) is 8.96. The van der Waals surface area contributed by atoms with E-state index in [0.717, 1.165) is 30.6 Å². The second kappa shape index (κ2) is 16.7. The van der Waals surface area contributed by atoms with Gasteiger partial charge in [-0.25, -0.2) is 9.69 Å². The molecule has 0 aromatic heterocycles. The normalized spacial score (nSPS) is 14.3. The number of urea groups is 1. The SMILES string of the molecule is CCCCCCCCOc1c(Cl)cc(/C=C2\C(=O)NC(=O)N(c3ccc(OCCC)c(OCC)c3)C2=O)cc1OCC. The fourth-order valence-electron chi connectivity index (χ4n) is 4.42. The number of halogens is 1. The number of rotatable bonds is 17. The number of imide groups is 2. The van der Waals surface area contributed by atoms with E-state index in [1.54, 1.807) is 30.3 Å². The number of ether oxygens (including phenoxy) is 4. The summed E-state index contributed by atoms with van der Waals surface area (Å²) in [5.41, 5.74) is 0.439. The van der Waals surface area contributed by atoms with E-state index < -0.39 is 17.8 Å². The van der Waals surface area contributed by atoms with Gasteiger partial charge in [0, 0.05) is 6.07 Å². The van der Waals surface area contributed by atoms with Crippen LogP contribution in [-0.4, -0.2) is 44.3 Å². The minimum Gasteiger partial charge on any atom is -0.490 e. The van der Waals surface area contributed by atoms with Gasteiger partial charge in [0.2, 0.25) is 0 Å². The molecule has 42 heavy (non-hydrogen) atoms. The molecule has 228 valence electrons. The summed E-state index contributed by atoms with van der Waals surface area (Å²) in [6, 6.07) is 7.14. The van der Waals surface area contributed by atoms with Crippen molar-refractivity contribution in [3.05, 3.63) is 46.5 Å². The standard InChI is InChI=1S/C32H41ClN2O7/c1-5-9-10-11-12-13-17-42-29-25(33)19-22(20-28(29)40-8-4)18-24-30(36)34-32(38)35(31(24)37)23-14-15-26(41-16-6-2)27(21-23)39-7-3/h14-15,18-21H,5-13,16-17H2,1-4H3,(H,34,36,38)/b24-18+. The average molecular weight is 601 g/mol. The van der Waals surface area contributed by atoms with Crippen LogP contribution in [-0.2, 0) is 9.59 Å². The van der Waals surface area contributed by atoms with Crippen molar-refractivity contribution >= 4 is 41.2 Å². The summed E-state index contributed by atoms with van der Waals surface area (Å²) in [6.45, 7) is 9.54. The Morgan fingerprint density at radius 3 is 2.19 bits per heavy atom. The summed E-state index contributed by atoms with van der Waals surface area (Å²) in [5.74, 6) is 0.104. The predicted octanol–water partition coefficient (Wildman–Crippen LogP) is 7.33. The van der Waals surface area contributed by atoms with Gasteiger partial charge >= 0.3 is 6.03 Å². The third kappa shape index (κ3) is 8.64. The van der Waals surface area contributed by atoms with Crippen LogP contribution in [0.5, 0.6) is 23.0 Å². The Morgan fingerprint density at radius 2 is 1.48 bits per heavy atom. The predicted molar refractivity (Wildman–Crippen MR) is 164 cm³/mol. The Labute approximate surface area is 253 Å². The van der Waals surface area contributed by atoms with Gasteiger partial charge in [0.15, 0.2) is 23.0 Å². The summed E-state index contributed by atoms with van der Waals surface area (Å²) in [4.78, 5) is 40.0. The van der Waals surface area contributed by atoms with Crippen LogP contribution in [0, 0.1) is 0 Å². The summed E-state index contributed by atoms with van der Waals surface area (Å²) in [7, 11) is 0. The number of carbonyl (C=O) groups excluding carboxylic acids is 3. The first-order valence-electron chi connectivity index (χ1n) is 14.7. The lowest BCUT2D eigenvalue weighted by molar-refractivity contribution is -0.122. The smallest absolute Gasteiger partial charge is 0.335 e. The van der Waals surface area contributed by atoms with Crippen molar-refractivity contribution in [2.45, 2.75) is 72.6 Å². The Balaban J connectivity index is 1.86. The maximum Gasteiger partial charge on any atom is 0.335 e. The van der Waals surface area contributed by atoms with Gasteiger partial charge in [-0.1, -0.05) is 57.6 Å². The quantitative estimate of drug-likeness (QED) is 0.115. The van der Waals surface area contributed by atoms with Crippen LogP contribution < -0.4 is 29.2 Å². The van der Waals surface area contributed by atoms with Crippen molar-refractivity contribution in [2.24, 2.45) is 0 Å². The van der Waals surface area contributed by atoms with Crippen molar-refractivity contribution in [1.29, 1.82) is 0 Å². The van der Waals surface area contributed by atoms with Crippen LogP contribution in [0.15, 0.2) is 35.9 Å². The van der Waals surface area contributed by atoms with Gasteiger partial charge < -0.3 is 18.9 Å². The Hall–Kier alpha value is -3.72. The molecule has 0 atom stereocenters. The number of amides is 4. The number of carbonyl (C=O) groups is 3. The molecule has 2 aromatic rings. The lowest BCUT2D eigenvalue weighted by atomic mass is 10.1. The highest BCUT2D eigenvalue weighted by Crippen LogP contribution is 2.38. The number of barbiturate groups is 1. The van der Waals surface area contributed by atoms with E-state index in [4.69, 9.17) is 30.5 Å². The number of benzene rings is 2. The van der Waals surface area contributed by atoms with Crippen LogP contribution in [0.4, 0.5) is 10.5 Å². The minimum atomic E-state index is -0.863. The number of nitrogens with zero attached hydrogens (tertiary/aromatic N) is 1. The number of hydrogen-bond donors (Lipinski definition) is 1. The maximum atomic E-state index is 13.5. The van der Waals surface area contributed by atoms with Crippen LogP contribution in [0.3, 0.4) is 0 Å². The monoisotopic (exact) mass is 600 g/mol. The molecule has 1 N–H and O–H groups in total. The van der Waals surface area contributed by atoms with Gasteiger partial charge in [0.1, 0.15) is 5.57 Å². The van der Waals surface area contributed by atoms with Crippen molar-refractivity contribution < 1.29 is 33.3 Å². The Morgan fingerprint density at radius 1 is 0.762 bits per heavy atom.